The van der Waals surface area contributed by atoms with Crippen molar-refractivity contribution in [3.05, 3.63) is 90.0 Å². The van der Waals surface area contributed by atoms with Gasteiger partial charge in [0, 0.05) is 23.9 Å². The standard InChI is InChI=1S/C24H26N2O2/c25-21-11-4-9-20(17-21)14-15-24(27)26-22-12-5-13-23(18-22)28-16-6-10-19-7-2-1-3-8-19/h1-5,7-9,11-13,17-18H,6,10,14-16,25H2,(H,26,27). The molecule has 4 nitrogen and oxygen atoms in total. The minimum Gasteiger partial charge on any atom is -0.494 e. The van der Waals surface area contributed by atoms with Crippen molar-refractivity contribution in [3.63, 3.8) is 0 Å². The number of amides is 1. The number of rotatable bonds is 9. The molecule has 0 unspecified atom stereocenters. The van der Waals surface area contributed by atoms with Gasteiger partial charge in [0.25, 0.3) is 0 Å². The molecule has 4 heteroatoms. The molecule has 144 valence electrons. The normalized spacial score (nSPS) is 10.4. The molecule has 28 heavy (non-hydrogen) atoms. The summed E-state index contributed by atoms with van der Waals surface area (Å²) in [6.07, 6.45) is 3.00. The number of aryl methyl sites for hydroxylation is 2. The van der Waals surface area contributed by atoms with E-state index in [1.807, 2.05) is 54.6 Å². The van der Waals surface area contributed by atoms with Crippen molar-refractivity contribution in [2.45, 2.75) is 25.7 Å². The van der Waals surface area contributed by atoms with Gasteiger partial charge in [0.05, 0.1) is 6.61 Å². The molecule has 0 saturated heterocycles. The van der Waals surface area contributed by atoms with E-state index < -0.39 is 0 Å². The minimum absolute atomic E-state index is 0.0244. The summed E-state index contributed by atoms with van der Waals surface area (Å²) in [6.45, 7) is 0.641. The smallest absolute Gasteiger partial charge is 0.224 e. The van der Waals surface area contributed by atoms with Crippen molar-refractivity contribution in [2.75, 3.05) is 17.7 Å². The van der Waals surface area contributed by atoms with Crippen molar-refractivity contribution in [2.24, 2.45) is 0 Å². The fourth-order valence-corrected chi connectivity index (χ4v) is 3.00. The quantitative estimate of drug-likeness (QED) is 0.416. The Kier molecular flexibility index (Phi) is 7.08. The number of carbonyl (C=O) groups is 1. The Morgan fingerprint density at radius 1 is 0.857 bits per heavy atom. The third-order valence-corrected chi connectivity index (χ3v) is 4.43. The highest BCUT2D eigenvalue weighted by Crippen LogP contribution is 2.18. The molecule has 0 aliphatic rings. The molecule has 0 aromatic heterocycles. The van der Waals surface area contributed by atoms with E-state index in [9.17, 15) is 4.79 Å². The first-order valence-electron chi connectivity index (χ1n) is 9.60. The number of nitrogens with one attached hydrogen (secondary N) is 1. The van der Waals surface area contributed by atoms with Crippen molar-refractivity contribution in [1.29, 1.82) is 0 Å². The lowest BCUT2D eigenvalue weighted by Gasteiger charge is -2.10. The van der Waals surface area contributed by atoms with Crippen LogP contribution in [0.2, 0.25) is 0 Å². The molecule has 0 aliphatic carbocycles. The topological polar surface area (TPSA) is 64.4 Å². The Morgan fingerprint density at radius 2 is 1.64 bits per heavy atom. The average Bonchev–Trinajstić information content (AvgIpc) is 2.71. The lowest BCUT2D eigenvalue weighted by atomic mass is 10.1. The summed E-state index contributed by atoms with van der Waals surface area (Å²) in [5.74, 6) is 0.741. The number of ether oxygens (including phenoxy) is 1. The van der Waals surface area contributed by atoms with Gasteiger partial charge in [-0.25, -0.2) is 0 Å². The van der Waals surface area contributed by atoms with Crippen molar-refractivity contribution >= 4 is 17.3 Å². The maximum Gasteiger partial charge on any atom is 0.224 e. The molecule has 1 amide bonds. The monoisotopic (exact) mass is 374 g/mol. The Balaban J connectivity index is 1.42. The van der Waals surface area contributed by atoms with Crippen LogP contribution in [0.15, 0.2) is 78.9 Å². The summed E-state index contributed by atoms with van der Waals surface area (Å²) in [4.78, 5) is 12.2. The molecule has 0 bridgehead atoms. The largest absolute Gasteiger partial charge is 0.494 e. The Bertz CT molecular complexity index is 894. The van der Waals surface area contributed by atoms with Crippen LogP contribution in [-0.2, 0) is 17.6 Å². The zero-order valence-corrected chi connectivity index (χ0v) is 15.9. The zero-order valence-electron chi connectivity index (χ0n) is 15.9. The predicted octanol–water partition coefficient (Wildman–Crippen LogP) is 4.85. The summed E-state index contributed by atoms with van der Waals surface area (Å²) in [5, 5.41) is 2.93. The molecule has 0 fully saturated rings. The highest BCUT2D eigenvalue weighted by atomic mass is 16.5. The molecule has 0 aliphatic heterocycles. The van der Waals surface area contributed by atoms with Gasteiger partial charge in [-0.05, 0) is 54.7 Å². The van der Waals surface area contributed by atoms with E-state index in [0.717, 1.165) is 35.5 Å². The summed E-state index contributed by atoms with van der Waals surface area (Å²) in [5.41, 5.74) is 9.61. The van der Waals surface area contributed by atoms with E-state index in [2.05, 4.69) is 29.6 Å². The van der Waals surface area contributed by atoms with Gasteiger partial charge in [-0.2, -0.15) is 0 Å². The van der Waals surface area contributed by atoms with Gasteiger partial charge < -0.3 is 15.8 Å². The van der Waals surface area contributed by atoms with Gasteiger partial charge in [-0.1, -0.05) is 48.5 Å². The zero-order chi connectivity index (χ0) is 19.6. The van der Waals surface area contributed by atoms with Crippen LogP contribution >= 0.6 is 0 Å². The van der Waals surface area contributed by atoms with E-state index in [1.165, 1.54) is 5.56 Å². The van der Waals surface area contributed by atoms with Gasteiger partial charge in [0.2, 0.25) is 5.91 Å². The van der Waals surface area contributed by atoms with Gasteiger partial charge in [-0.3, -0.25) is 4.79 Å². The number of benzene rings is 3. The maximum atomic E-state index is 12.2. The van der Waals surface area contributed by atoms with Crippen molar-refractivity contribution < 1.29 is 9.53 Å². The van der Waals surface area contributed by atoms with Crippen LogP contribution in [0.1, 0.15) is 24.0 Å². The lowest BCUT2D eigenvalue weighted by Crippen LogP contribution is -2.12. The number of nitrogen functional groups attached to an aromatic ring is 1. The van der Waals surface area contributed by atoms with Gasteiger partial charge in [0.1, 0.15) is 5.75 Å². The second-order valence-electron chi connectivity index (χ2n) is 6.76. The number of hydrogen-bond acceptors (Lipinski definition) is 3. The molecule has 3 aromatic rings. The number of carbonyl (C=O) groups excluding carboxylic acids is 1. The molecule has 0 radical (unpaired) electrons. The summed E-state index contributed by atoms with van der Waals surface area (Å²) < 4.78 is 5.83. The second-order valence-corrected chi connectivity index (χ2v) is 6.76. The Morgan fingerprint density at radius 3 is 2.46 bits per heavy atom. The van der Waals surface area contributed by atoms with Gasteiger partial charge in [-0.15, -0.1) is 0 Å². The van der Waals surface area contributed by atoms with Crippen LogP contribution in [0, 0.1) is 0 Å². The molecule has 0 spiro atoms. The lowest BCUT2D eigenvalue weighted by molar-refractivity contribution is -0.116. The average molecular weight is 374 g/mol. The second kappa shape index (κ2) is 10.2. The number of hydrogen-bond donors (Lipinski definition) is 2. The highest BCUT2D eigenvalue weighted by Gasteiger charge is 2.05. The third-order valence-electron chi connectivity index (χ3n) is 4.43. The van der Waals surface area contributed by atoms with Crippen LogP contribution in [0.3, 0.4) is 0 Å². The van der Waals surface area contributed by atoms with E-state index in [-0.39, 0.29) is 5.91 Å². The summed E-state index contributed by atoms with van der Waals surface area (Å²) in [7, 11) is 0. The predicted molar refractivity (Wildman–Crippen MR) is 115 cm³/mol. The van der Waals surface area contributed by atoms with E-state index in [0.29, 0.717) is 19.4 Å². The molecule has 0 saturated carbocycles. The van der Waals surface area contributed by atoms with Crippen molar-refractivity contribution in [1.82, 2.24) is 0 Å². The first kappa shape index (κ1) is 19.5. The Hall–Kier alpha value is -3.27. The molecular weight excluding hydrogens is 348 g/mol. The van der Waals surface area contributed by atoms with Crippen LogP contribution in [-0.4, -0.2) is 12.5 Å². The highest BCUT2D eigenvalue weighted by molar-refractivity contribution is 5.91. The molecular formula is C24H26N2O2. The van der Waals surface area contributed by atoms with Crippen LogP contribution in [0.4, 0.5) is 11.4 Å². The first-order chi connectivity index (χ1) is 13.7. The molecule has 3 rings (SSSR count). The van der Waals surface area contributed by atoms with Crippen LogP contribution in [0.5, 0.6) is 5.75 Å². The number of anilines is 2. The number of nitrogens with two attached hydrogens (primary N) is 1. The fraction of sp³-hybridized carbons (Fsp3) is 0.208. The first-order valence-corrected chi connectivity index (χ1v) is 9.60. The SMILES string of the molecule is Nc1cccc(CCC(=O)Nc2cccc(OCCCc3ccccc3)c2)c1. The summed E-state index contributed by atoms with van der Waals surface area (Å²) >= 11 is 0. The van der Waals surface area contributed by atoms with Gasteiger partial charge in [0.15, 0.2) is 0 Å². The van der Waals surface area contributed by atoms with E-state index in [1.54, 1.807) is 0 Å². The van der Waals surface area contributed by atoms with Crippen LogP contribution < -0.4 is 15.8 Å². The molecule has 0 heterocycles. The fourth-order valence-electron chi connectivity index (χ4n) is 3.00. The third kappa shape index (κ3) is 6.47. The molecule has 3 N–H and O–H groups in total. The molecule has 0 atom stereocenters. The molecule has 3 aromatic carbocycles. The summed E-state index contributed by atoms with van der Waals surface area (Å²) in [6, 6.07) is 25.5. The van der Waals surface area contributed by atoms with Crippen molar-refractivity contribution in [3.8, 4) is 5.75 Å². The van der Waals surface area contributed by atoms with E-state index in [4.69, 9.17) is 10.5 Å². The minimum atomic E-state index is -0.0244. The maximum absolute atomic E-state index is 12.2. The Labute approximate surface area is 166 Å². The van der Waals surface area contributed by atoms with E-state index >= 15 is 0 Å². The van der Waals surface area contributed by atoms with Crippen LogP contribution in [0.25, 0.3) is 0 Å². The van der Waals surface area contributed by atoms with Gasteiger partial charge >= 0.3 is 0 Å².